The maximum Gasteiger partial charge on any atom is 0.431 e. The fraction of sp³-hybridized carbons (Fsp3) is 0.500. The van der Waals surface area contributed by atoms with Gasteiger partial charge < -0.3 is 4.90 Å². The molecule has 0 bridgehead atoms. The molecule has 1 rings (SSSR count). The molecule has 0 radical (unpaired) electrons. The van der Waals surface area contributed by atoms with Crippen LogP contribution in [0.3, 0.4) is 0 Å². The van der Waals surface area contributed by atoms with Gasteiger partial charge in [-0.3, -0.25) is 0 Å². The highest BCUT2D eigenvalue weighted by Gasteiger charge is 2.37. The Bertz CT molecular complexity index is 227. The summed E-state index contributed by atoms with van der Waals surface area (Å²) in [4.78, 5) is 1.21. The molecule has 1 heterocycles. The molecule has 12 heavy (non-hydrogen) atoms. The molecular formula is C8H10F3N. The lowest BCUT2D eigenvalue weighted by molar-refractivity contribution is -0.111. The van der Waals surface area contributed by atoms with Gasteiger partial charge in [0.15, 0.2) is 0 Å². The maximum atomic E-state index is 12.2. The number of allylic oxidation sites excluding steroid dienone is 3. The molecule has 68 valence electrons. The first-order valence-electron chi connectivity index (χ1n) is 3.61. The molecule has 0 aliphatic carbocycles. The third-order valence-corrected chi connectivity index (χ3v) is 1.93. The van der Waals surface area contributed by atoms with E-state index in [1.165, 1.54) is 18.0 Å². The maximum absolute atomic E-state index is 12.2. The fourth-order valence-corrected chi connectivity index (χ4v) is 1.07. The van der Waals surface area contributed by atoms with Gasteiger partial charge >= 0.3 is 6.18 Å². The van der Waals surface area contributed by atoms with E-state index in [1.807, 2.05) is 0 Å². The molecule has 0 N–H and O–H groups in total. The fourth-order valence-electron chi connectivity index (χ4n) is 1.07. The van der Waals surface area contributed by atoms with E-state index in [0.717, 1.165) is 6.08 Å². The van der Waals surface area contributed by atoms with E-state index < -0.39 is 11.9 Å². The number of rotatable bonds is 0. The van der Waals surface area contributed by atoms with Crippen LogP contribution >= 0.6 is 0 Å². The van der Waals surface area contributed by atoms with E-state index in [4.69, 9.17) is 0 Å². The zero-order valence-corrected chi connectivity index (χ0v) is 6.89. The van der Waals surface area contributed by atoms with Crippen LogP contribution in [0.4, 0.5) is 13.2 Å². The van der Waals surface area contributed by atoms with Crippen LogP contribution in [0.25, 0.3) is 0 Å². The van der Waals surface area contributed by atoms with E-state index in [-0.39, 0.29) is 6.04 Å². The lowest BCUT2D eigenvalue weighted by Crippen LogP contribution is -2.35. The summed E-state index contributed by atoms with van der Waals surface area (Å²) in [6.45, 7) is 1.72. The first kappa shape index (κ1) is 9.16. The van der Waals surface area contributed by atoms with Crippen LogP contribution in [0.5, 0.6) is 0 Å². The smallest absolute Gasteiger partial charge is 0.364 e. The molecular weight excluding hydrogens is 167 g/mol. The van der Waals surface area contributed by atoms with E-state index in [0.29, 0.717) is 0 Å². The summed E-state index contributed by atoms with van der Waals surface area (Å²) in [6.07, 6.45) is -0.00347. The van der Waals surface area contributed by atoms with Gasteiger partial charge in [-0.05, 0) is 13.0 Å². The van der Waals surface area contributed by atoms with Crippen LogP contribution in [0, 0.1) is 0 Å². The number of nitrogens with zero attached hydrogens (tertiary/aromatic N) is 1. The molecule has 0 saturated heterocycles. The Labute approximate surface area is 69.2 Å². The van der Waals surface area contributed by atoms with Crippen molar-refractivity contribution in [1.82, 2.24) is 4.90 Å². The number of hydrogen-bond donors (Lipinski definition) is 0. The molecule has 1 aliphatic rings. The van der Waals surface area contributed by atoms with Gasteiger partial charge in [-0.2, -0.15) is 13.2 Å². The van der Waals surface area contributed by atoms with E-state index in [2.05, 4.69) is 0 Å². The van der Waals surface area contributed by atoms with Crippen molar-refractivity contribution in [1.29, 1.82) is 0 Å². The molecule has 1 aliphatic heterocycles. The standard InChI is InChI=1S/C8H10F3N/c1-6-4-3-5-7(12(6)2)8(9,10)11/h3-6H,1-2H3. The van der Waals surface area contributed by atoms with E-state index in [9.17, 15) is 13.2 Å². The van der Waals surface area contributed by atoms with Gasteiger partial charge in [-0.25, -0.2) is 0 Å². The third kappa shape index (κ3) is 1.62. The Morgan fingerprint density at radius 3 is 2.42 bits per heavy atom. The molecule has 0 amide bonds. The van der Waals surface area contributed by atoms with Crippen molar-refractivity contribution >= 4 is 0 Å². The third-order valence-electron chi connectivity index (χ3n) is 1.93. The van der Waals surface area contributed by atoms with Gasteiger partial charge in [0.25, 0.3) is 0 Å². The van der Waals surface area contributed by atoms with Crippen molar-refractivity contribution in [3.8, 4) is 0 Å². The van der Waals surface area contributed by atoms with Crippen molar-refractivity contribution in [3.05, 3.63) is 23.9 Å². The van der Waals surface area contributed by atoms with Crippen molar-refractivity contribution in [3.63, 3.8) is 0 Å². The van der Waals surface area contributed by atoms with Crippen LogP contribution in [0.2, 0.25) is 0 Å². The second kappa shape index (κ2) is 2.84. The van der Waals surface area contributed by atoms with Gasteiger partial charge in [-0.1, -0.05) is 12.2 Å². The second-order valence-electron chi connectivity index (χ2n) is 2.79. The molecule has 0 spiro atoms. The first-order valence-corrected chi connectivity index (χ1v) is 3.61. The van der Waals surface area contributed by atoms with Crippen LogP contribution in [0.15, 0.2) is 23.9 Å². The highest BCUT2D eigenvalue weighted by atomic mass is 19.4. The van der Waals surface area contributed by atoms with Crippen LogP contribution in [-0.4, -0.2) is 24.2 Å². The number of alkyl halides is 3. The molecule has 0 aromatic heterocycles. The highest BCUT2D eigenvalue weighted by molar-refractivity contribution is 5.22. The van der Waals surface area contributed by atoms with Crippen molar-refractivity contribution < 1.29 is 13.2 Å². The minimum absolute atomic E-state index is 0.188. The monoisotopic (exact) mass is 177 g/mol. The minimum Gasteiger partial charge on any atom is -0.364 e. The Kier molecular flexibility index (Phi) is 2.17. The summed E-state index contributed by atoms with van der Waals surface area (Å²) in [7, 11) is 1.44. The number of halogens is 3. The van der Waals surface area contributed by atoms with Gasteiger partial charge in [0.2, 0.25) is 0 Å². The Balaban J connectivity index is 2.90. The molecule has 0 saturated carbocycles. The predicted molar refractivity (Wildman–Crippen MR) is 40.5 cm³/mol. The topological polar surface area (TPSA) is 3.24 Å². The van der Waals surface area contributed by atoms with Gasteiger partial charge in [-0.15, -0.1) is 0 Å². The normalized spacial score (nSPS) is 24.2. The van der Waals surface area contributed by atoms with E-state index >= 15 is 0 Å². The summed E-state index contributed by atoms with van der Waals surface area (Å²) >= 11 is 0. The van der Waals surface area contributed by atoms with Gasteiger partial charge in [0.05, 0.1) is 0 Å². The average Bonchev–Trinajstić information content (AvgIpc) is 1.92. The zero-order valence-electron chi connectivity index (χ0n) is 6.89. The largest absolute Gasteiger partial charge is 0.431 e. The minimum atomic E-state index is -4.24. The number of hydrogen-bond acceptors (Lipinski definition) is 1. The van der Waals surface area contributed by atoms with E-state index in [1.54, 1.807) is 13.0 Å². The summed E-state index contributed by atoms with van der Waals surface area (Å²) in [5.74, 6) is 0. The summed E-state index contributed by atoms with van der Waals surface area (Å²) in [5.41, 5.74) is -0.586. The lowest BCUT2D eigenvalue weighted by atomic mass is 10.1. The number of likely N-dealkylation sites (N-methyl/N-ethyl adjacent to an activating group) is 1. The Morgan fingerprint density at radius 2 is 2.00 bits per heavy atom. The van der Waals surface area contributed by atoms with Crippen LogP contribution in [-0.2, 0) is 0 Å². The first-order chi connectivity index (χ1) is 5.43. The van der Waals surface area contributed by atoms with Gasteiger partial charge in [0.1, 0.15) is 5.70 Å². The summed E-state index contributed by atoms with van der Waals surface area (Å²) < 4.78 is 36.7. The molecule has 0 aromatic rings. The predicted octanol–water partition coefficient (Wildman–Crippen LogP) is 2.32. The molecule has 1 nitrogen and oxygen atoms in total. The summed E-state index contributed by atoms with van der Waals surface area (Å²) in [6, 6.07) is -0.188. The van der Waals surface area contributed by atoms with Crippen LogP contribution in [0.1, 0.15) is 6.92 Å². The quantitative estimate of drug-likeness (QED) is 0.548. The summed E-state index contributed by atoms with van der Waals surface area (Å²) in [5, 5.41) is 0. The molecule has 1 unspecified atom stereocenters. The van der Waals surface area contributed by atoms with Crippen molar-refractivity contribution in [2.24, 2.45) is 0 Å². The lowest BCUT2D eigenvalue weighted by Gasteiger charge is -2.30. The molecule has 1 atom stereocenters. The average molecular weight is 177 g/mol. The highest BCUT2D eigenvalue weighted by Crippen LogP contribution is 2.30. The zero-order chi connectivity index (χ0) is 9.35. The van der Waals surface area contributed by atoms with Gasteiger partial charge in [0, 0.05) is 13.1 Å². The molecule has 4 heteroatoms. The Morgan fingerprint density at radius 1 is 1.42 bits per heavy atom. The molecule has 0 fully saturated rings. The van der Waals surface area contributed by atoms with Crippen LogP contribution < -0.4 is 0 Å². The van der Waals surface area contributed by atoms with Crippen molar-refractivity contribution in [2.45, 2.75) is 19.1 Å². The molecule has 0 aromatic carbocycles. The SMILES string of the molecule is CC1C=CC=C(C(F)(F)F)N1C. The second-order valence-corrected chi connectivity index (χ2v) is 2.79. The van der Waals surface area contributed by atoms with Crippen molar-refractivity contribution in [2.75, 3.05) is 7.05 Å². The Hall–Kier alpha value is -0.930.